The molecule has 2 atom stereocenters. The zero-order chi connectivity index (χ0) is 10.7. The van der Waals surface area contributed by atoms with E-state index in [4.69, 9.17) is 13.6 Å². The van der Waals surface area contributed by atoms with Crippen LogP contribution in [0.3, 0.4) is 0 Å². The van der Waals surface area contributed by atoms with Crippen LogP contribution < -0.4 is 0 Å². The predicted molar refractivity (Wildman–Crippen MR) is 53.0 cm³/mol. The van der Waals surface area contributed by atoms with Crippen molar-refractivity contribution in [1.29, 1.82) is 0 Å². The van der Waals surface area contributed by atoms with Crippen LogP contribution in [0.25, 0.3) is 0 Å². The number of rotatable bonds is 2. The molecule has 4 rings (SSSR count). The Kier molecular flexibility index (Phi) is 2.08. The maximum Gasteiger partial charge on any atom is 0.482 e. The first kappa shape index (κ1) is 10.2. The summed E-state index contributed by atoms with van der Waals surface area (Å²) in [5.41, 5.74) is 0. The number of hydrogen-bond acceptors (Lipinski definition) is 5. The Morgan fingerprint density at radius 3 is 2.93 bits per heavy atom. The van der Waals surface area contributed by atoms with Gasteiger partial charge in [-0.05, 0) is 18.8 Å². The highest BCUT2D eigenvalue weighted by Gasteiger charge is 2.75. The van der Waals surface area contributed by atoms with Gasteiger partial charge in [0, 0.05) is 13.1 Å². The van der Waals surface area contributed by atoms with Gasteiger partial charge in [-0.15, -0.1) is 0 Å². The fourth-order valence-corrected chi connectivity index (χ4v) is 4.44. The molecular formula is C9H16NO4P. The molecule has 15 heavy (non-hydrogen) atoms. The van der Waals surface area contributed by atoms with Crippen LogP contribution in [0.15, 0.2) is 0 Å². The molecule has 4 fully saturated rings. The van der Waals surface area contributed by atoms with E-state index in [-0.39, 0.29) is 6.10 Å². The van der Waals surface area contributed by atoms with E-state index in [1.807, 2.05) is 0 Å². The van der Waals surface area contributed by atoms with Gasteiger partial charge in [0.25, 0.3) is 5.91 Å². The lowest BCUT2D eigenvalue weighted by molar-refractivity contribution is -0.297. The Labute approximate surface area is 89.3 Å². The Bertz CT molecular complexity index is 324. The lowest BCUT2D eigenvalue weighted by Gasteiger charge is -2.48. The van der Waals surface area contributed by atoms with Crippen LogP contribution >= 0.6 is 7.82 Å². The summed E-state index contributed by atoms with van der Waals surface area (Å²) >= 11 is 0. The highest BCUT2D eigenvalue weighted by Crippen LogP contribution is 2.76. The normalized spacial score (nSPS) is 53.7. The molecule has 2 unspecified atom stereocenters. The van der Waals surface area contributed by atoms with E-state index in [0.717, 1.165) is 25.9 Å². The van der Waals surface area contributed by atoms with E-state index < -0.39 is 13.7 Å². The lowest BCUT2D eigenvalue weighted by atomic mass is 9.92. The minimum Gasteiger partial charge on any atom is -0.276 e. The maximum atomic E-state index is 11.6. The van der Waals surface area contributed by atoms with Crippen molar-refractivity contribution in [1.82, 2.24) is 4.90 Å². The van der Waals surface area contributed by atoms with Crippen molar-refractivity contribution in [3.63, 3.8) is 0 Å². The Hall–Kier alpha value is 0.0700. The summed E-state index contributed by atoms with van der Waals surface area (Å²) in [7, 11) is -3.15. The smallest absolute Gasteiger partial charge is 0.276 e. The van der Waals surface area contributed by atoms with Gasteiger partial charge in [-0.2, -0.15) is 0 Å². The summed E-state index contributed by atoms with van der Waals surface area (Å²) in [4.78, 5) is 2.11. The molecule has 86 valence electrons. The molecule has 5 nitrogen and oxygen atoms in total. The fraction of sp³-hybridized carbons (Fsp3) is 1.00. The summed E-state index contributed by atoms with van der Waals surface area (Å²) in [6.07, 6.45) is 1.89. The summed E-state index contributed by atoms with van der Waals surface area (Å²) in [5, 5.41) is 0. The van der Waals surface area contributed by atoms with Gasteiger partial charge < -0.3 is 0 Å². The van der Waals surface area contributed by atoms with E-state index >= 15 is 0 Å². The molecular weight excluding hydrogens is 217 g/mol. The predicted octanol–water partition coefficient (Wildman–Crippen LogP) is 1.95. The Balaban J connectivity index is 1.89. The highest BCUT2D eigenvalue weighted by molar-refractivity contribution is 7.50. The molecule has 0 aromatic carbocycles. The monoisotopic (exact) mass is 233 g/mol. The van der Waals surface area contributed by atoms with E-state index in [0.29, 0.717) is 5.92 Å². The molecule has 4 heterocycles. The standard InChI is InChI=1S/C9H16NO4P/c1-3-5-10-6-4-7(2)8-9(10)13-15(11,12-8)14-9/h7-8H,3-6H2,1-2H3. The third kappa shape index (κ3) is 1.22. The molecule has 0 aromatic heterocycles. The van der Waals surface area contributed by atoms with Crippen LogP contribution in [0.5, 0.6) is 0 Å². The van der Waals surface area contributed by atoms with Crippen LogP contribution in [0.4, 0.5) is 0 Å². The van der Waals surface area contributed by atoms with Crippen LogP contribution in [0.1, 0.15) is 26.7 Å². The molecule has 2 bridgehead atoms. The molecule has 6 heteroatoms. The molecule has 0 amide bonds. The minimum atomic E-state index is -3.15. The van der Waals surface area contributed by atoms with Gasteiger partial charge in [0.2, 0.25) is 0 Å². The number of piperidine rings is 1. The molecule has 0 aliphatic carbocycles. The number of nitrogens with zero attached hydrogens (tertiary/aromatic N) is 1. The van der Waals surface area contributed by atoms with Gasteiger partial charge in [-0.3, -0.25) is 4.52 Å². The Morgan fingerprint density at radius 2 is 2.27 bits per heavy atom. The van der Waals surface area contributed by atoms with Crippen molar-refractivity contribution in [2.75, 3.05) is 13.1 Å². The average Bonchev–Trinajstić information content (AvgIpc) is 2.60. The molecule has 0 N–H and O–H groups in total. The van der Waals surface area contributed by atoms with Gasteiger partial charge in [-0.25, -0.2) is 18.5 Å². The molecule has 1 spiro atoms. The second-order valence-electron chi connectivity index (χ2n) is 4.54. The largest absolute Gasteiger partial charge is 0.482 e. The van der Waals surface area contributed by atoms with Gasteiger partial charge >= 0.3 is 7.82 Å². The zero-order valence-corrected chi connectivity index (χ0v) is 9.90. The molecule has 0 aromatic rings. The zero-order valence-electron chi connectivity index (χ0n) is 9.01. The third-order valence-electron chi connectivity index (χ3n) is 3.39. The SMILES string of the molecule is CCCN1CCC(C)C2OP3(=O)OC21O3. The topological polar surface area (TPSA) is 48.0 Å². The molecule has 0 saturated carbocycles. The number of phosphoric acid groups is 1. The van der Waals surface area contributed by atoms with E-state index in [1.165, 1.54) is 0 Å². The first-order valence-electron chi connectivity index (χ1n) is 5.55. The van der Waals surface area contributed by atoms with Gasteiger partial charge in [0.15, 0.2) is 0 Å². The highest BCUT2D eigenvalue weighted by atomic mass is 31.2. The second kappa shape index (κ2) is 3.05. The first-order valence-corrected chi connectivity index (χ1v) is 7.01. The first-order chi connectivity index (χ1) is 7.10. The Morgan fingerprint density at radius 1 is 1.53 bits per heavy atom. The summed E-state index contributed by atoms with van der Waals surface area (Å²) in [5.74, 6) is -0.472. The molecule has 4 aliphatic rings. The molecule has 0 radical (unpaired) electrons. The third-order valence-corrected chi connectivity index (χ3v) is 4.85. The lowest BCUT2D eigenvalue weighted by Crippen LogP contribution is -2.63. The van der Waals surface area contributed by atoms with Crippen LogP contribution in [0.2, 0.25) is 0 Å². The van der Waals surface area contributed by atoms with Crippen molar-refractivity contribution in [2.24, 2.45) is 5.92 Å². The van der Waals surface area contributed by atoms with Gasteiger partial charge in [0.1, 0.15) is 6.10 Å². The van der Waals surface area contributed by atoms with Crippen molar-refractivity contribution in [2.45, 2.75) is 38.7 Å². The van der Waals surface area contributed by atoms with E-state index in [1.54, 1.807) is 0 Å². The van der Waals surface area contributed by atoms with E-state index in [9.17, 15) is 4.57 Å². The molecule has 4 saturated heterocycles. The summed E-state index contributed by atoms with van der Waals surface area (Å²) in [6.45, 7) is 6.02. The van der Waals surface area contributed by atoms with Crippen LogP contribution in [-0.2, 0) is 18.1 Å². The number of phosphoric ester groups is 1. The second-order valence-corrected chi connectivity index (χ2v) is 6.01. The van der Waals surface area contributed by atoms with Gasteiger partial charge in [-0.1, -0.05) is 13.8 Å². The van der Waals surface area contributed by atoms with Crippen molar-refractivity contribution < 1.29 is 18.1 Å². The maximum absolute atomic E-state index is 11.6. The number of hydrogen-bond donors (Lipinski definition) is 0. The fourth-order valence-electron chi connectivity index (χ4n) is 2.64. The molecule has 4 aliphatic heterocycles. The minimum absolute atomic E-state index is 0.177. The quantitative estimate of drug-likeness (QED) is 0.682. The van der Waals surface area contributed by atoms with Crippen molar-refractivity contribution in [3.8, 4) is 0 Å². The van der Waals surface area contributed by atoms with Crippen molar-refractivity contribution >= 4 is 7.82 Å². The van der Waals surface area contributed by atoms with Crippen LogP contribution in [0, 0.1) is 5.92 Å². The van der Waals surface area contributed by atoms with Crippen LogP contribution in [-0.4, -0.2) is 30.0 Å². The van der Waals surface area contributed by atoms with E-state index in [2.05, 4.69) is 18.7 Å². The van der Waals surface area contributed by atoms with Gasteiger partial charge in [0.05, 0.1) is 0 Å². The summed E-state index contributed by atoms with van der Waals surface area (Å²) < 4.78 is 27.8. The number of likely N-dealkylation sites (tertiary alicyclic amines) is 1. The average molecular weight is 233 g/mol. The van der Waals surface area contributed by atoms with Crippen molar-refractivity contribution in [3.05, 3.63) is 0 Å². The summed E-state index contributed by atoms with van der Waals surface area (Å²) in [6, 6.07) is 0.